The Kier molecular flexibility index (Phi) is 6.20. The molecule has 0 spiro atoms. The lowest BCUT2D eigenvalue weighted by Gasteiger charge is -2.20. The average molecular weight is 369 g/mol. The van der Waals surface area contributed by atoms with Crippen LogP contribution < -0.4 is 5.73 Å². The number of aliphatic hydroxyl groups excluding tert-OH is 1. The van der Waals surface area contributed by atoms with Gasteiger partial charge < -0.3 is 20.3 Å². The average Bonchev–Trinajstić information content (AvgIpc) is 2.96. The highest BCUT2D eigenvalue weighted by Crippen LogP contribution is 2.23. The van der Waals surface area contributed by atoms with Gasteiger partial charge >= 0.3 is 5.97 Å². The molecule has 2 heterocycles. The van der Waals surface area contributed by atoms with E-state index < -0.39 is 11.5 Å². The van der Waals surface area contributed by atoms with Crippen molar-refractivity contribution in [2.24, 2.45) is 5.41 Å². The molecular weight excluding hydrogens is 346 g/mol. The number of hydrogen-bond donors (Lipinski definition) is 2. The second kappa shape index (κ2) is 7.98. The molecular formula is C15H23N5O4S. The first-order chi connectivity index (χ1) is 11.8. The molecule has 2 rings (SSSR count). The maximum Gasteiger partial charge on any atom is 0.311 e. The Labute approximate surface area is 149 Å². The van der Waals surface area contributed by atoms with Crippen LogP contribution in [0.25, 0.3) is 11.2 Å². The lowest BCUT2D eigenvalue weighted by atomic mass is 9.97. The molecule has 0 radical (unpaired) electrons. The summed E-state index contributed by atoms with van der Waals surface area (Å²) in [5.74, 6) is -0.204. The van der Waals surface area contributed by atoms with E-state index in [4.69, 9.17) is 15.2 Å². The van der Waals surface area contributed by atoms with Crippen molar-refractivity contribution >= 4 is 34.8 Å². The summed E-state index contributed by atoms with van der Waals surface area (Å²) >= 11 is 1.42. The minimum Gasteiger partial charge on any atom is -0.462 e. The molecule has 25 heavy (non-hydrogen) atoms. The number of aromatic nitrogens is 4. The number of rotatable bonds is 7. The molecule has 0 aliphatic carbocycles. The molecule has 0 fully saturated rings. The Morgan fingerprint density at radius 3 is 2.76 bits per heavy atom. The van der Waals surface area contributed by atoms with Gasteiger partial charge in [0.05, 0.1) is 18.3 Å². The molecule has 1 unspecified atom stereocenters. The van der Waals surface area contributed by atoms with Crippen molar-refractivity contribution in [3.05, 3.63) is 6.33 Å². The van der Waals surface area contributed by atoms with Gasteiger partial charge in [-0.1, -0.05) is 0 Å². The van der Waals surface area contributed by atoms with Crippen LogP contribution in [0.3, 0.4) is 0 Å². The van der Waals surface area contributed by atoms with Gasteiger partial charge in [-0.15, -0.1) is 11.8 Å². The maximum absolute atomic E-state index is 11.8. The summed E-state index contributed by atoms with van der Waals surface area (Å²) in [6.45, 7) is 5.04. The van der Waals surface area contributed by atoms with E-state index >= 15 is 0 Å². The molecule has 2 aromatic heterocycles. The van der Waals surface area contributed by atoms with Crippen LogP contribution in [0.4, 0.5) is 5.95 Å². The Bertz CT molecular complexity index is 743. The molecule has 9 nitrogen and oxygen atoms in total. The molecule has 0 amide bonds. The lowest BCUT2D eigenvalue weighted by Crippen LogP contribution is -2.30. The highest BCUT2D eigenvalue weighted by molar-refractivity contribution is 7.98. The van der Waals surface area contributed by atoms with Gasteiger partial charge in [0, 0.05) is 0 Å². The number of thioether (sulfide) groups is 1. The standard InChI is InChI=1S/C15H23N5O4S/c1-15(2,3)13(22)23-6-9(5-21)24-8-20-7-17-10-11(20)18-14(16)19-12(10)25-4/h7,9,21H,5-6,8H2,1-4H3,(H2,16,18,19). The molecule has 1 atom stereocenters. The second-order valence-corrected chi connectivity index (χ2v) is 7.22. The predicted molar refractivity (Wildman–Crippen MR) is 93.9 cm³/mol. The van der Waals surface area contributed by atoms with Crippen molar-refractivity contribution in [2.75, 3.05) is 25.2 Å². The molecule has 138 valence electrons. The number of esters is 1. The monoisotopic (exact) mass is 369 g/mol. The number of carbonyl (C=O) groups is 1. The lowest BCUT2D eigenvalue weighted by molar-refractivity contribution is -0.159. The van der Waals surface area contributed by atoms with Gasteiger partial charge in [0.2, 0.25) is 5.95 Å². The van der Waals surface area contributed by atoms with Crippen LogP contribution in [0, 0.1) is 5.41 Å². The molecule has 0 aliphatic heterocycles. The van der Waals surface area contributed by atoms with Crippen molar-refractivity contribution in [1.82, 2.24) is 19.5 Å². The van der Waals surface area contributed by atoms with Gasteiger partial charge in [-0.3, -0.25) is 9.36 Å². The van der Waals surface area contributed by atoms with E-state index in [0.717, 1.165) is 0 Å². The zero-order chi connectivity index (χ0) is 18.6. The van der Waals surface area contributed by atoms with Crippen molar-refractivity contribution in [3.63, 3.8) is 0 Å². The number of nitrogens with zero attached hydrogens (tertiary/aromatic N) is 4. The number of anilines is 1. The van der Waals surface area contributed by atoms with Crippen molar-refractivity contribution in [1.29, 1.82) is 0 Å². The number of ether oxygens (including phenoxy) is 2. The number of carbonyl (C=O) groups excluding carboxylic acids is 1. The van der Waals surface area contributed by atoms with Crippen LogP contribution in [0.1, 0.15) is 20.8 Å². The number of nitrogen functional groups attached to an aromatic ring is 1. The fraction of sp³-hybridized carbons (Fsp3) is 0.600. The maximum atomic E-state index is 11.8. The first kappa shape index (κ1) is 19.4. The Hall–Kier alpha value is -1.91. The SMILES string of the molecule is CSc1nc(N)nc2c1ncn2COC(CO)COC(=O)C(C)(C)C. The fourth-order valence-electron chi connectivity index (χ4n) is 1.90. The number of aliphatic hydroxyl groups is 1. The third-order valence-electron chi connectivity index (χ3n) is 3.31. The van der Waals surface area contributed by atoms with Crippen LogP contribution in [-0.2, 0) is 21.0 Å². The predicted octanol–water partition coefficient (Wildman–Crippen LogP) is 1.05. The van der Waals surface area contributed by atoms with Crippen molar-refractivity contribution in [3.8, 4) is 0 Å². The summed E-state index contributed by atoms with van der Waals surface area (Å²) in [5, 5.41) is 10.1. The third kappa shape index (κ3) is 4.80. The number of imidazole rings is 1. The van der Waals surface area contributed by atoms with Gasteiger partial charge in [0.15, 0.2) is 5.65 Å². The Morgan fingerprint density at radius 1 is 1.44 bits per heavy atom. The minimum atomic E-state index is -0.650. The second-order valence-electron chi connectivity index (χ2n) is 6.43. The molecule has 2 aromatic rings. The van der Waals surface area contributed by atoms with Gasteiger partial charge in [0.25, 0.3) is 0 Å². The summed E-state index contributed by atoms with van der Waals surface area (Å²) in [4.78, 5) is 24.4. The van der Waals surface area contributed by atoms with Crippen LogP contribution >= 0.6 is 11.8 Å². The van der Waals surface area contributed by atoms with E-state index in [2.05, 4.69) is 15.0 Å². The first-order valence-corrected chi connectivity index (χ1v) is 8.90. The van der Waals surface area contributed by atoms with Crippen LogP contribution in [0.15, 0.2) is 11.4 Å². The summed E-state index contributed by atoms with van der Waals surface area (Å²) < 4.78 is 12.4. The zero-order valence-corrected chi connectivity index (χ0v) is 15.5. The van der Waals surface area contributed by atoms with E-state index in [1.54, 1.807) is 31.7 Å². The summed E-state index contributed by atoms with van der Waals surface area (Å²) in [6, 6.07) is 0. The molecule has 0 aliphatic rings. The fourth-order valence-corrected chi connectivity index (χ4v) is 2.42. The van der Waals surface area contributed by atoms with Gasteiger partial charge in [-0.25, -0.2) is 9.97 Å². The van der Waals surface area contributed by atoms with Crippen LogP contribution in [-0.4, -0.2) is 56.2 Å². The molecule has 10 heteroatoms. The quantitative estimate of drug-likeness (QED) is 0.418. The van der Waals surface area contributed by atoms with Gasteiger partial charge in [-0.05, 0) is 27.0 Å². The van der Waals surface area contributed by atoms with E-state index in [1.165, 1.54) is 11.8 Å². The van der Waals surface area contributed by atoms with Crippen molar-refractivity contribution < 1.29 is 19.4 Å². The zero-order valence-electron chi connectivity index (χ0n) is 14.7. The van der Waals surface area contributed by atoms with Gasteiger partial charge in [-0.2, -0.15) is 4.98 Å². The molecule has 0 bridgehead atoms. The third-order valence-corrected chi connectivity index (χ3v) is 3.98. The Balaban J connectivity index is 2.03. The van der Waals surface area contributed by atoms with E-state index in [9.17, 15) is 9.90 Å². The van der Waals surface area contributed by atoms with E-state index in [-0.39, 0.29) is 31.9 Å². The summed E-state index contributed by atoms with van der Waals surface area (Å²) in [5.41, 5.74) is 6.28. The topological polar surface area (TPSA) is 125 Å². The molecule has 0 saturated heterocycles. The molecule has 3 N–H and O–H groups in total. The largest absolute Gasteiger partial charge is 0.462 e. The molecule has 0 aromatic carbocycles. The summed E-state index contributed by atoms with van der Waals surface area (Å²) in [7, 11) is 0. The minimum absolute atomic E-state index is 0.0353. The van der Waals surface area contributed by atoms with E-state index in [0.29, 0.717) is 16.2 Å². The Morgan fingerprint density at radius 2 is 2.16 bits per heavy atom. The van der Waals surface area contributed by atoms with Crippen LogP contribution in [0.2, 0.25) is 0 Å². The van der Waals surface area contributed by atoms with Crippen molar-refractivity contribution in [2.45, 2.75) is 38.6 Å². The van der Waals surface area contributed by atoms with Crippen LogP contribution in [0.5, 0.6) is 0 Å². The summed E-state index contributed by atoms with van der Waals surface area (Å²) in [6.07, 6.45) is 2.79. The van der Waals surface area contributed by atoms with Gasteiger partial charge in [0.1, 0.15) is 30.0 Å². The number of nitrogens with two attached hydrogens (primary N) is 1. The normalized spacial score (nSPS) is 13.2. The molecule has 0 saturated carbocycles. The highest BCUT2D eigenvalue weighted by Gasteiger charge is 2.24. The smallest absolute Gasteiger partial charge is 0.311 e. The van der Waals surface area contributed by atoms with E-state index in [1.807, 2.05) is 6.26 Å². The number of hydrogen-bond acceptors (Lipinski definition) is 9. The number of fused-ring (bicyclic) bond motifs is 1. The highest BCUT2D eigenvalue weighted by atomic mass is 32.2. The first-order valence-electron chi connectivity index (χ1n) is 7.68.